The van der Waals surface area contributed by atoms with Crippen LogP contribution >= 0.6 is 0 Å². The van der Waals surface area contributed by atoms with E-state index in [0.29, 0.717) is 0 Å². The van der Waals surface area contributed by atoms with Crippen molar-refractivity contribution >= 4 is 0 Å². The maximum atomic E-state index is 2.84. The molecule has 2 aliphatic rings. The standard InChI is InChI=1S/C16H31N/c1-2-4-8-12-16(13-9-5-3-1)17-14-10-6-7-11-15-17/h16H,1-15H2. The Hall–Kier alpha value is -0.0400. The fourth-order valence-corrected chi connectivity index (χ4v) is 3.61. The molecule has 0 spiro atoms. The Bertz CT molecular complexity index is 172. The fourth-order valence-electron chi connectivity index (χ4n) is 3.61. The SMILES string of the molecule is C1CCCCC(N2CCCCCC2)CCCC1. The van der Waals surface area contributed by atoms with Crippen LogP contribution in [0.3, 0.4) is 0 Å². The molecule has 0 atom stereocenters. The van der Waals surface area contributed by atoms with Crippen LogP contribution in [0.5, 0.6) is 0 Å². The molecular formula is C16H31N. The van der Waals surface area contributed by atoms with E-state index in [0.717, 1.165) is 6.04 Å². The number of hydrogen-bond acceptors (Lipinski definition) is 1. The molecule has 100 valence electrons. The van der Waals surface area contributed by atoms with E-state index in [1.54, 1.807) is 0 Å². The molecule has 0 aromatic heterocycles. The Morgan fingerprint density at radius 3 is 1.41 bits per heavy atom. The van der Waals surface area contributed by atoms with Crippen molar-refractivity contribution in [3.63, 3.8) is 0 Å². The van der Waals surface area contributed by atoms with Gasteiger partial charge in [-0.25, -0.2) is 0 Å². The van der Waals surface area contributed by atoms with Gasteiger partial charge in [-0.05, 0) is 38.8 Å². The van der Waals surface area contributed by atoms with Crippen molar-refractivity contribution in [2.24, 2.45) is 0 Å². The highest BCUT2D eigenvalue weighted by Crippen LogP contribution is 2.23. The number of hydrogen-bond donors (Lipinski definition) is 0. The van der Waals surface area contributed by atoms with Crippen LogP contribution in [0.1, 0.15) is 83.5 Å². The second kappa shape index (κ2) is 8.13. The highest BCUT2D eigenvalue weighted by atomic mass is 15.1. The zero-order valence-corrected chi connectivity index (χ0v) is 11.6. The predicted molar refractivity (Wildman–Crippen MR) is 75.4 cm³/mol. The Kier molecular flexibility index (Phi) is 6.41. The summed E-state index contributed by atoms with van der Waals surface area (Å²) in [4.78, 5) is 2.84. The molecule has 0 aromatic rings. The number of likely N-dealkylation sites (tertiary alicyclic amines) is 1. The monoisotopic (exact) mass is 237 g/mol. The van der Waals surface area contributed by atoms with Crippen LogP contribution < -0.4 is 0 Å². The normalized spacial score (nSPS) is 27.5. The summed E-state index contributed by atoms with van der Waals surface area (Å²) < 4.78 is 0. The fraction of sp³-hybridized carbons (Fsp3) is 1.00. The van der Waals surface area contributed by atoms with Crippen molar-refractivity contribution in [2.45, 2.75) is 89.5 Å². The predicted octanol–water partition coefficient (Wildman–Crippen LogP) is 4.76. The summed E-state index contributed by atoms with van der Waals surface area (Å²) in [6, 6.07) is 0.936. The Balaban J connectivity index is 1.81. The first-order chi connectivity index (χ1) is 8.47. The van der Waals surface area contributed by atoms with Crippen LogP contribution in [-0.2, 0) is 0 Å². The molecule has 17 heavy (non-hydrogen) atoms. The summed E-state index contributed by atoms with van der Waals surface area (Å²) in [5.41, 5.74) is 0. The van der Waals surface area contributed by atoms with Gasteiger partial charge in [0.2, 0.25) is 0 Å². The van der Waals surface area contributed by atoms with Crippen LogP contribution in [0.25, 0.3) is 0 Å². The van der Waals surface area contributed by atoms with Gasteiger partial charge in [0.1, 0.15) is 0 Å². The highest BCUT2D eigenvalue weighted by molar-refractivity contribution is 4.75. The minimum Gasteiger partial charge on any atom is -0.300 e. The maximum absolute atomic E-state index is 2.84. The Morgan fingerprint density at radius 1 is 0.471 bits per heavy atom. The zero-order chi connectivity index (χ0) is 11.8. The Labute approximate surface area is 108 Å². The van der Waals surface area contributed by atoms with E-state index in [-0.39, 0.29) is 0 Å². The molecule has 0 N–H and O–H groups in total. The summed E-state index contributed by atoms with van der Waals surface area (Å²) in [6.45, 7) is 2.79. The smallest absolute Gasteiger partial charge is 0.00952 e. The van der Waals surface area contributed by atoms with Gasteiger partial charge in [-0.1, -0.05) is 57.8 Å². The van der Waals surface area contributed by atoms with Gasteiger partial charge < -0.3 is 4.90 Å². The Morgan fingerprint density at radius 2 is 0.882 bits per heavy atom. The van der Waals surface area contributed by atoms with Crippen molar-refractivity contribution < 1.29 is 0 Å². The molecule has 0 bridgehead atoms. The van der Waals surface area contributed by atoms with Gasteiger partial charge in [0.25, 0.3) is 0 Å². The minimum atomic E-state index is 0.936. The van der Waals surface area contributed by atoms with E-state index in [4.69, 9.17) is 0 Å². The summed E-state index contributed by atoms with van der Waals surface area (Å²) >= 11 is 0. The molecule has 1 saturated heterocycles. The van der Waals surface area contributed by atoms with E-state index >= 15 is 0 Å². The molecule has 1 nitrogen and oxygen atoms in total. The van der Waals surface area contributed by atoms with Crippen molar-refractivity contribution in [3.05, 3.63) is 0 Å². The maximum Gasteiger partial charge on any atom is 0.00952 e. The second-order valence-electron chi connectivity index (χ2n) is 6.16. The lowest BCUT2D eigenvalue weighted by molar-refractivity contribution is 0.175. The van der Waals surface area contributed by atoms with Gasteiger partial charge in [-0.2, -0.15) is 0 Å². The van der Waals surface area contributed by atoms with Gasteiger partial charge in [0, 0.05) is 6.04 Å². The first-order valence-corrected chi connectivity index (χ1v) is 8.21. The molecule has 0 amide bonds. The lowest BCUT2D eigenvalue weighted by Gasteiger charge is -2.31. The summed E-state index contributed by atoms with van der Waals surface area (Å²) in [5.74, 6) is 0. The summed E-state index contributed by atoms with van der Waals surface area (Å²) in [7, 11) is 0. The van der Waals surface area contributed by atoms with E-state index in [2.05, 4.69) is 4.90 Å². The average molecular weight is 237 g/mol. The molecule has 1 heterocycles. The molecule has 1 aliphatic heterocycles. The molecule has 1 heteroatoms. The molecular weight excluding hydrogens is 206 g/mol. The van der Waals surface area contributed by atoms with Crippen LogP contribution in [0.4, 0.5) is 0 Å². The van der Waals surface area contributed by atoms with E-state index < -0.39 is 0 Å². The third-order valence-electron chi connectivity index (χ3n) is 4.73. The molecule has 2 rings (SSSR count). The van der Waals surface area contributed by atoms with E-state index in [9.17, 15) is 0 Å². The van der Waals surface area contributed by atoms with Crippen molar-refractivity contribution in [3.8, 4) is 0 Å². The van der Waals surface area contributed by atoms with Gasteiger partial charge in [-0.3, -0.25) is 0 Å². The lowest BCUT2D eigenvalue weighted by atomic mass is 9.96. The van der Waals surface area contributed by atoms with Gasteiger partial charge in [-0.15, -0.1) is 0 Å². The third kappa shape index (κ3) is 4.99. The molecule has 1 aliphatic carbocycles. The van der Waals surface area contributed by atoms with Gasteiger partial charge in [0.15, 0.2) is 0 Å². The molecule has 1 saturated carbocycles. The van der Waals surface area contributed by atoms with Crippen molar-refractivity contribution in [1.29, 1.82) is 0 Å². The summed E-state index contributed by atoms with van der Waals surface area (Å²) in [6.07, 6.45) is 19.3. The average Bonchev–Trinajstić information content (AvgIpc) is 2.64. The quantitative estimate of drug-likeness (QED) is 0.636. The molecule has 2 fully saturated rings. The van der Waals surface area contributed by atoms with Crippen molar-refractivity contribution in [1.82, 2.24) is 4.90 Å². The topological polar surface area (TPSA) is 3.24 Å². The zero-order valence-electron chi connectivity index (χ0n) is 11.6. The van der Waals surface area contributed by atoms with Gasteiger partial charge >= 0.3 is 0 Å². The van der Waals surface area contributed by atoms with Crippen LogP contribution in [0.15, 0.2) is 0 Å². The third-order valence-corrected chi connectivity index (χ3v) is 4.73. The number of nitrogens with zero attached hydrogens (tertiary/aromatic N) is 1. The molecule has 0 radical (unpaired) electrons. The van der Waals surface area contributed by atoms with Crippen LogP contribution in [0, 0.1) is 0 Å². The molecule has 0 unspecified atom stereocenters. The second-order valence-corrected chi connectivity index (χ2v) is 6.16. The summed E-state index contributed by atoms with van der Waals surface area (Å²) in [5, 5.41) is 0. The highest BCUT2D eigenvalue weighted by Gasteiger charge is 2.19. The lowest BCUT2D eigenvalue weighted by Crippen LogP contribution is -2.36. The largest absolute Gasteiger partial charge is 0.300 e. The van der Waals surface area contributed by atoms with E-state index in [1.807, 2.05) is 0 Å². The van der Waals surface area contributed by atoms with Crippen molar-refractivity contribution in [2.75, 3.05) is 13.1 Å². The van der Waals surface area contributed by atoms with Crippen LogP contribution in [0.2, 0.25) is 0 Å². The first kappa shape index (κ1) is 13.4. The van der Waals surface area contributed by atoms with Gasteiger partial charge in [0.05, 0.1) is 0 Å². The number of rotatable bonds is 1. The van der Waals surface area contributed by atoms with Crippen LogP contribution in [-0.4, -0.2) is 24.0 Å². The molecule has 0 aromatic carbocycles. The van der Waals surface area contributed by atoms with E-state index in [1.165, 1.54) is 96.6 Å². The minimum absolute atomic E-state index is 0.936. The first-order valence-electron chi connectivity index (χ1n) is 8.21.